The maximum Gasteiger partial charge on any atom is 0.277 e. The first kappa shape index (κ1) is 28.3. The molecule has 1 aliphatic carbocycles. The van der Waals surface area contributed by atoms with Crippen LogP contribution in [0.4, 0.5) is 11.4 Å². The number of nitrogens with zero attached hydrogens (tertiary/aromatic N) is 12. The lowest BCUT2D eigenvalue weighted by Gasteiger charge is -2.20. The normalized spacial score (nSPS) is 13.8. The highest BCUT2D eigenvalue weighted by Gasteiger charge is 2.30. The number of nitroso groups, excluding NO2 is 1. The zero-order valence-corrected chi connectivity index (χ0v) is 20.6. The second-order valence-electron chi connectivity index (χ2n) is 8.46. The molecule has 1 aliphatic rings. The summed E-state index contributed by atoms with van der Waals surface area (Å²) in [5.41, 5.74) is 31.4. The summed E-state index contributed by atoms with van der Waals surface area (Å²) in [5.74, 6) is 0.441. The summed E-state index contributed by atoms with van der Waals surface area (Å²) in [5, 5.41) is 15.9. The highest BCUT2D eigenvalue weighted by Crippen LogP contribution is 2.39. The number of rotatable bonds is 16. The average molecular weight is 537 g/mol. The van der Waals surface area contributed by atoms with Crippen molar-refractivity contribution in [3.8, 4) is 5.75 Å². The van der Waals surface area contributed by atoms with Crippen LogP contribution in [0, 0.1) is 4.91 Å². The van der Waals surface area contributed by atoms with Crippen molar-refractivity contribution in [1.82, 2.24) is 4.98 Å². The van der Waals surface area contributed by atoms with Crippen LogP contribution in [0.5, 0.6) is 5.75 Å². The van der Waals surface area contributed by atoms with E-state index in [1.165, 1.54) is 24.6 Å². The molecular formula is C21H24N14O4. The van der Waals surface area contributed by atoms with Crippen LogP contribution in [0.2, 0.25) is 0 Å². The molecule has 1 heterocycles. The molecule has 0 radical (unpaired) electrons. The highest BCUT2D eigenvalue weighted by molar-refractivity contribution is 6.04. The predicted octanol–water partition coefficient (Wildman–Crippen LogP) is 5.01. The Labute approximate surface area is 220 Å². The van der Waals surface area contributed by atoms with E-state index in [1.807, 2.05) is 0 Å². The average Bonchev–Trinajstić information content (AvgIpc) is 3.68. The molecule has 0 saturated heterocycles. The lowest BCUT2D eigenvalue weighted by Crippen LogP contribution is -2.34. The number of ether oxygens (including phenoxy) is 1. The Kier molecular flexibility index (Phi) is 10.0. The van der Waals surface area contributed by atoms with Gasteiger partial charge in [0.05, 0.1) is 31.9 Å². The van der Waals surface area contributed by atoms with Gasteiger partial charge in [0.15, 0.2) is 11.6 Å². The van der Waals surface area contributed by atoms with E-state index >= 15 is 0 Å². The molecule has 0 atom stereocenters. The molecule has 3 N–H and O–H groups in total. The van der Waals surface area contributed by atoms with E-state index in [4.69, 9.17) is 31.5 Å². The molecule has 1 aromatic heterocycles. The van der Waals surface area contributed by atoms with Gasteiger partial charge in [-0.1, -0.05) is 20.5 Å². The van der Waals surface area contributed by atoms with Crippen molar-refractivity contribution in [2.45, 2.75) is 30.7 Å². The largest absolute Gasteiger partial charge is 0.491 e. The molecule has 1 amide bonds. The zero-order valence-electron chi connectivity index (χ0n) is 20.6. The van der Waals surface area contributed by atoms with Gasteiger partial charge < -0.3 is 20.2 Å². The smallest absolute Gasteiger partial charge is 0.277 e. The van der Waals surface area contributed by atoms with Gasteiger partial charge in [-0.05, 0) is 41.9 Å². The third kappa shape index (κ3) is 8.10. The molecule has 202 valence electrons. The van der Waals surface area contributed by atoms with Gasteiger partial charge in [0, 0.05) is 50.7 Å². The maximum absolute atomic E-state index is 12.8. The van der Waals surface area contributed by atoms with Crippen molar-refractivity contribution in [3.63, 3.8) is 0 Å². The SMILES string of the molecule is [N-]=[N+]=NCCOc1cc(N)c(C=NCCC(CN=[N+]=[N-])(CN=[N+]=[N-])N=O)cc1NC(=O)c1coc(C2CC2)n1. The number of hydrogen-bond donors (Lipinski definition) is 2. The van der Waals surface area contributed by atoms with Crippen LogP contribution >= 0.6 is 0 Å². The molecule has 0 spiro atoms. The van der Waals surface area contributed by atoms with Gasteiger partial charge in [-0.3, -0.25) is 9.79 Å². The number of nitrogens with one attached hydrogen (secondary N) is 1. The third-order valence-electron chi connectivity index (χ3n) is 5.61. The van der Waals surface area contributed by atoms with Crippen LogP contribution in [0.25, 0.3) is 31.3 Å². The van der Waals surface area contributed by atoms with Gasteiger partial charge in [0.1, 0.15) is 17.6 Å². The molecule has 1 fully saturated rings. The van der Waals surface area contributed by atoms with Crippen LogP contribution in [0.1, 0.15) is 47.1 Å². The molecule has 1 aromatic carbocycles. The molecule has 0 unspecified atom stereocenters. The van der Waals surface area contributed by atoms with Gasteiger partial charge in [-0.15, -0.1) is 0 Å². The number of carbonyl (C=O) groups excluding carboxylic acids is 1. The van der Waals surface area contributed by atoms with E-state index in [0.29, 0.717) is 11.5 Å². The van der Waals surface area contributed by atoms with Gasteiger partial charge in [-0.25, -0.2) is 4.98 Å². The molecular weight excluding hydrogens is 512 g/mol. The number of azide groups is 3. The quantitative estimate of drug-likeness (QED) is 0.0564. The van der Waals surface area contributed by atoms with Crippen LogP contribution in [-0.2, 0) is 0 Å². The fourth-order valence-electron chi connectivity index (χ4n) is 3.35. The second kappa shape index (κ2) is 13.9. The summed E-state index contributed by atoms with van der Waals surface area (Å²) in [6, 6.07) is 3.01. The Hall–Kier alpha value is -5.30. The number of anilines is 2. The second-order valence-corrected chi connectivity index (χ2v) is 8.46. The Morgan fingerprint density at radius 2 is 1.90 bits per heavy atom. The van der Waals surface area contributed by atoms with Crippen molar-refractivity contribution in [3.05, 3.63) is 71.8 Å². The van der Waals surface area contributed by atoms with Gasteiger partial charge in [0.25, 0.3) is 5.91 Å². The highest BCUT2D eigenvalue weighted by atomic mass is 16.5. The number of oxazole rings is 1. The van der Waals surface area contributed by atoms with Gasteiger partial charge in [0.2, 0.25) is 0 Å². The molecule has 0 aliphatic heterocycles. The fourth-order valence-corrected chi connectivity index (χ4v) is 3.35. The van der Waals surface area contributed by atoms with E-state index in [1.54, 1.807) is 0 Å². The summed E-state index contributed by atoms with van der Waals surface area (Å²) in [6.07, 6.45) is 4.67. The number of nitrogens with two attached hydrogens (primary N) is 1. The predicted molar refractivity (Wildman–Crippen MR) is 140 cm³/mol. The van der Waals surface area contributed by atoms with E-state index in [9.17, 15) is 9.70 Å². The number of carbonyl (C=O) groups is 1. The number of amides is 1. The third-order valence-corrected chi connectivity index (χ3v) is 5.61. The van der Waals surface area contributed by atoms with Crippen molar-refractivity contribution < 1.29 is 13.9 Å². The first-order valence-electron chi connectivity index (χ1n) is 11.6. The van der Waals surface area contributed by atoms with E-state index in [2.05, 4.69) is 50.5 Å². The first-order chi connectivity index (χ1) is 18.9. The summed E-state index contributed by atoms with van der Waals surface area (Å²) < 4.78 is 11.0. The van der Waals surface area contributed by atoms with Crippen molar-refractivity contribution in [1.29, 1.82) is 0 Å². The maximum atomic E-state index is 12.8. The molecule has 2 aromatic rings. The number of benzene rings is 1. The number of aliphatic imine (C=N–C) groups is 1. The van der Waals surface area contributed by atoms with Crippen LogP contribution in [0.15, 0.2) is 48.3 Å². The van der Waals surface area contributed by atoms with E-state index < -0.39 is 11.4 Å². The minimum absolute atomic E-state index is 0.0324. The topological polar surface area (TPSA) is 278 Å². The molecule has 3 rings (SSSR count). The lowest BCUT2D eigenvalue weighted by molar-refractivity contribution is 0.102. The number of aromatic nitrogens is 1. The monoisotopic (exact) mass is 536 g/mol. The van der Waals surface area contributed by atoms with Crippen molar-refractivity contribution in [2.75, 3.05) is 43.8 Å². The number of hydrogen-bond acceptors (Lipinski definition) is 11. The minimum Gasteiger partial charge on any atom is -0.491 e. The van der Waals surface area contributed by atoms with Crippen LogP contribution in [0.3, 0.4) is 0 Å². The molecule has 18 heteroatoms. The molecule has 18 nitrogen and oxygen atoms in total. The standard InChI is InChI=1S/C21H24N14O4/c22-15-8-18(38-6-5-27-33-23)16(30-19(36)17-10-39-20(31-17)13-1-2-13)7-14(15)9-26-4-3-21(32-37,11-28-34-24)12-29-35-25/h7-10,13H,1-6,11-12,22H2,(H,30,36). The molecule has 1 saturated carbocycles. The summed E-state index contributed by atoms with van der Waals surface area (Å²) in [4.78, 5) is 40.7. The Morgan fingerprint density at radius 3 is 2.54 bits per heavy atom. The first-order valence-corrected chi connectivity index (χ1v) is 11.6. The number of nitrogen functional groups attached to an aromatic ring is 1. The van der Waals surface area contributed by atoms with Crippen LogP contribution < -0.4 is 15.8 Å². The Bertz CT molecular complexity index is 1340. The van der Waals surface area contributed by atoms with Gasteiger partial charge >= 0.3 is 0 Å². The minimum atomic E-state index is -1.44. The lowest BCUT2D eigenvalue weighted by atomic mass is 9.97. The van der Waals surface area contributed by atoms with Crippen molar-refractivity contribution in [2.24, 2.45) is 25.5 Å². The molecule has 0 bridgehead atoms. The van der Waals surface area contributed by atoms with Crippen LogP contribution in [-0.4, -0.2) is 55.4 Å². The zero-order chi connectivity index (χ0) is 28.1. The Balaban J connectivity index is 1.79. The fraction of sp³-hybridized carbons (Fsp3) is 0.476. The molecule has 39 heavy (non-hydrogen) atoms. The van der Waals surface area contributed by atoms with E-state index in [0.717, 1.165) is 12.8 Å². The summed E-state index contributed by atoms with van der Waals surface area (Å²) in [6.45, 7) is -0.452. The summed E-state index contributed by atoms with van der Waals surface area (Å²) in [7, 11) is 0. The summed E-state index contributed by atoms with van der Waals surface area (Å²) >= 11 is 0. The van der Waals surface area contributed by atoms with Gasteiger partial charge in [-0.2, -0.15) is 4.91 Å². The van der Waals surface area contributed by atoms with Crippen molar-refractivity contribution >= 4 is 23.5 Å². The van der Waals surface area contributed by atoms with E-state index in [-0.39, 0.29) is 67.9 Å². The Morgan fingerprint density at radius 1 is 1.18 bits per heavy atom.